The predicted octanol–water partition coefficient (Wildman–Crippen LogP) is 6.41. The monoisotopic (exact) mass is 546 g/mol. The van der Waals surface area contributed by atoms with Crippen molar-refractivity contribution in [1.82, 2.24) is 15.0 Å². The summed E-state index contributed by atoms with van der Waals surface area (Å²) in [5, 5.41) is 39.6. The van der Waals surface area contributed by atoms with Crippen molar-refractivity contribution in [3.05, 3.63) is 34.9 Å². The van der Waals surface area contributed by atoms with Gasteiger partial charge in [-0.3, -0.25) is 4.79 Å². The van der Waals surface area contributed by atoms with Crippen molar-refractivity contribution in [3.63, 3.8) is 0 Å². The van der Waals surface area contributed by atoms with Gasteiger partial charge in [-0.15, -0.1) is 5.10 Å². The Kier molecular flexibility index (Phi) is 5.75. The number of aliphatic hydroxyl groups is 2. The van der Waals surface area contributed by atoms with Crippen molar-refractivity contribution in [3.8, 4) is 6.07 Å². The number of carbonyl (C=O) groups excluding carboxylic acids is 1. The average molecular weight is 547 g/mol. The molecular formula is C33H46N4O3. The first kappa shape index (κ1) is 27.7. The van der Waals surface area contributed by atoms with Gasteiger partial charge in [-0.05, 0) is 90.9 Å². The van der Waals surface area contributed by atoms with Crippen LogP contribution < -0.4 is 0 Å². The molecular weight excluding hydrogens is 500 g/mol. The second-order valence-electron chi connectivity index (χ2n) is 15.9. The zero-order chi connectivity index (χ0) is 29.1. The molecule has 1 aromatic heterocycles. The number of fused-ring (bicyclic) bond motifs is 7. The Hall–Kier alpha value is -2.46. The molecule has 5 aliphatic carbocycles. The number of allylic oxidation sites excluding steroid dienone is 4. The third-order valence-electron chi connectivity index (χ3n) is 13.2. The third kappa shape index (κ3) is 3.29. The van der Waals surface area contributed by atoms with Crippen LogP contribution in [0.2, 0.25) is 0 Å². The highest BCUT2D eigenvalue weighted by atomic mass is 16.3. The first-order chi connectivity index (χ1) is 18.6. The molecule has 0 amide bonds. The molecule has 0 radical (unpaired) electrons. The van der Waals surface area contributed by atoms with E-state index < -0.39 is 5.41 Å². The minimum absolute atomic E-state index is 0.123. The van der Waals surface area contributed by atoms with Crippen LogP contribution in [0.25, 0.3) is 0 Å². The number of nitrogens with zero attached hydrogens (tertiary/aromatic N) is 4. The van der Waals surface area contributed by atoms with Gasteiger partial charge in [0.25, 0.3) is 0 Å². The highest BCUT2D eigenvalue weighted by Gasteiger charge is 2.70. The summed E-state index contributed by atoms with van der Waals surface area (Å²) in [4.78, 5) is 14.6. The Morgan fingerprint density at radius 1 is 1.07 bits per heavy atom. The Morgan fingerprint density at radius 2 is 1.77 bits per heavy atom. The van der Waals surface area contributed by atoms with E-state index in [1.54, 1.807) is 0 Å². The van der Waals surface area contributed by atoms with Gasteiger partial charge in [0.1, 0.15) is 11.5 Å². The van der Waals surface area contributed by atoms with E-state index >= 15 is 0 Å². The van der Waals surface area contributed by atoms with Crippen LogP contribution in [0.3, 0.4) is 0 Å². The molecule has 7 nitrogen and oxygen atoms in total. The molecule has 1 aromatic rings. The smallest absolute Gasteiger partial charge is 0.159 e. The van der Waals surface area contributed by atoms with Crippen LogP contribution in [0.4, 0.5) is 0 Å². The first-order valence-electron chi connectivity index (χ1n) is 15.2. The van der Waals surface area contributed by atoms with Gasteiger partial charge in [0.2, 0.25) is 0 Å². The number of rotatable bonds is 2. The van der Waals surface area contributed by atoms with Crippen LogP contribution >= 0.6 is 0 Å². The van der Waals surface area contributed by atoms with Crippen molar-refractivity contribution in [1.29, 1.82) is 5.26 Å². The largest absolute Gasteiger partial charge is 0.511 e. The summed E-state index contributed by atoms with van der Waals surface area (Å²) in [5.41, 5.74) is 0.791. The lowest BCUT2D eigenvalue weighted by Gasteiger charge is -2.69. The number of nitriles is 1. The average Bonchev–Trinajstić information content (AvgIpc) is 3.37. The topological polar surface area (TPSA) is 112 Å². The van der Waals surface area contributed by atoms with Crippen LogP contribution in [0, 0.1) is 56.2 Å². The molecule has 3 fully saturated rings. The van der Waals surface area contributed by atoms with Crippen molar-refractivity contribution in [2.24, 2.45) is 44.8 Å². The standard InChI is InChI=1S/C33H46N4O3/c1-28(2)10-12-33(37-18-21(19-38)35-36-37)13-11-32(7)26(22(33)16-28)23(39)14-25-30(5)15-20(17-34)27(40)29(3,4)24(30)8-9-31(25,32)6/h14,18,22,24,26,38,40H,8-13,15-16,19H2,1-7H3/t22-,24-,26-,30-,31+,32+,33-/m0/s1. The van der Waals surface area contributed by atoms with Crippen LogP contribution in [-0.4, -0.2) is 31.0 Å². The van der Waals surface area contributed by atoms with Gasteiger partial charge in [-0.2, -0.15) is 5.26 Å². The quantitative estimate of drug-likeness (QED) is 0.444. The molecule has 0 saturated heterocycles. The summed E-state index contributed by atoms with van der Waals surface area (Å²) in [7, 11) is 0. The number of ketones is 1. The number of carbonyl (C=O) groups is 1. The summed E-state index contributed by atoms with van der Waals surface area (Å²) >= 11 is 0. The van der Waals surface area contributed by atoms with Gasteiger partial charge < -0.3 is 10.2 Å². The van der Waals surface area contributed by atoms with Crippen LogP contribution in [0.1, 0.15) is 106 Å². The molecule has 5 aliphatic rings. The minimum Gasteiger partial charge on any atom is -0.511 e. The van der Waals surface area contributed by atoms with E-state index in [0.717, 1.165) is 44.9 Å². The van der Waals surface area contributed by atoms with Crippen molar-refractivity contribution in [2.75, 3.05) is 0 Å². The lowest BCUT2D eigenvalue weighted by Crippen LogP contribution is -2.66. The van der Waals surface area contributed by atoms with Crippen molar-refractivity contribution in [2.45, 2.75) is 112 Å². The van der Waals surface area contributed by atoms with E-state index in [9.17, 15) is 20.3 Å². The molecule has 0 bridgehead atoms. The van der Waals surface area contributed by atoms with Crippen LogP contribution in [0.5, 0.6) is 0 Å². The third-order valence-corrected chi connectivity index (χ3v) is 13.2. The molecule has 7 atom stereocenters. The zero-order valence-electron chi connectivity index (χ0n) is 25.3. The molecule has 216 valence electrons. The van der Waals surface area contributed by atoms with Gasteiger partial charge in [-0.1, -0.05) is 59.3 Å². The SMILES string of the molecule is CC1(C)CC[C@]2(n3cc(CO)nn3)CC[C@]3(C)[C@H](C(=O)C=C4[C@@]5(C)CC(C#N)=C(O)C(C)(C)[C@@H]5CC[C@]43C)[C@@H]2C1. The minimum atomic E-state index is -0.520. The summed E-state index contributed by atoms with van der Waals surface area (Å²) in [6, 6.07) is 2.31. The Morgan fingerprint density at radius 3 is 2.42 bits per heavy atom. The molecule has 0 spiro atoms. The second-order valence-corrected chi connectivity index (χ2v) is 15.9. The maximum absolute atomic E-state index is 14.6. The van der Waals surface area contributed by atoms with Gasteiger partial charge >= 0.3 is 0 Å². The molecule has 0 unspecified atom stereocenters. The molecule has 40 heavy (non-hydrogen) atoms. The molecule has 3 saturated carbocycles. The van der Waals surface area contributed by atoms with Crippen LogP contribution in [-0.2, 0) is 16.9 Å². The molecule has 6 rings (SSSR count). The highest BCUT2D eigenvalue weighted by Crippen LogP contribution is 2.75. The van der Waals surface area contributed by atoms with Gasteiger partial charge in [-0.25, -0.2) is 4.68 Å². The van der Waals surface area contributed by atoms with E-state index in [0.29, 0.717) is 17.7 Å². The molecule has 0 aromatic carbocycles. The number of aromatic nitrogens is 3. The highest BCUT2D eigenvalue weighted by molar-refractivity contribution is 5.95. The van der Waals surface area contributed by atoms with Gasteiger partial charge in [0.15, 0.2) is 5.78 Å². The van der Waals surface area contributed by atoms with Gasteiger partial charge in [0.05, 0.1) is 30.0 Å². The van der Waals surface area contributed by atoms with Gasteiger partial charge in [0, 0.05) is 11.3 Å². The fourth-order valence-electron chi connectivity index (χ4n) is 10.9. The van der Waals surface area contributed by atoms with Crippen molar-refractivity contribution >= 4 is 5.78 Å². The Balaban J connectivity index is 1.51. The molecule has 1 heterocycles. The molecule has 0 aliphatic heterocycles. The fraction of sp³-hybridized carbons (Fsp3) is 0.758. The maximum Gasteiger partial charge on any atom is 0.159 e. The summed E-state index contributed by atoms with van der Waals surface area (Å²) < 4.78 is 2.02. The number of aliphatic hydroxyl groups excluding tert-OH is 2. The zero-order valence-corrected chi connectivity index (χ0v) is 25.3. The first-order valence-corrected chi connectivity index (χ1v) is 15.2. The molecule has 2 N–H and O–H groups in total. The van der Waals surface area contributed by atoms with Crippen LogP contribution in [0.15, 0.2) is 29.2 Å². The predicted molar refractivity (Wildman–Crippen MR) is 152 cm³/mol. The van der Waals surface area contributed by atoms with E-state index in [4.69, 9.17) is 0 Å². The Labute approximate surface area is 238 Å². The van der Waals surface area contributed by atoms with E-state index in [1.807, 2.05) is 17.0 Å². The summed E-state index contributed by atoms with van der Waals surface area (Å²) in [5.74, 6) is 0.605. The maximum atomic E-state index is 14.6. The second kappa shape index (κ2) is 8.31. The van der Waals surface area contributed by atoms with E-state index in [-0.39, 0.29) is 63.1 Å². The lowest BCUT2D eigenvalue weighted by molar-refractivity contribution is -0.170. The lowest BCUT2D eigenvalue weighted by atomic mass is 9.35. The normalized spacial score (nSPS) is 43.5. The Bertz CT molecular complexity index is 1380. The fourth-order valence-corrected chi connectivity index (χ4v) is 10.9. The van der Waals surface area contributed by atoms with Crippen molar-refractivity contribution < 1.29 is 15.0 Å². The summed E-state index contributed by atoms with van der Waals surface area (Å²) in [6.45, 7) is 15.7. The number of hydrogen-bond acceptors (Lipinski definition) is 6. The molecule has 7 heteroatoms. The van der Waals surface area contributed by atoms with E-state index in [1.165, 1.54) is 5.57 Å². The number of hydrogen-bond donors (Lipinski definition) is 2. The summed E-state index contributed by atoms with van der Waals surface area (Å²) in [6.07, 6.45) is 11.1. The van der Waals surface area contributed by atoms with E-state index in [2.05, 4.69) is 64.8 Å².